The number of hydrogen-bond acceptors (Lipinski definition) is 4. The second kappa shape index (κ2) is 5.39. The normalized spacial score (nSPS) is 9.94. The Bertz CT molecular complexity index is 471. The molecule has 1 aromatic carbocycles. The van der Waals surface area contributed by atoms with Gasteiger partial charge >= 0.3 is 0 Å². The van der Waals surface area contributed by atoms with E-state index in [1.54, 1.807) is 44.2 Å². The topological polar surface area (TPSA) is 92.7 Å². The predicted octanol–water partition coefficient (Wildman–Crippen LogP) is -0.108. The summed E-state index contributed by atoms with van der Waals surface area (Å²) in [6.07, 6.45) is 0. The molecule has 0 atom stereocenters. The van der Waals surface area contributed by atoms with Crippen molar-refractivity contribution in [2.45, 2.75) is 0 Å². The predicted molar refractivity (Wildman–Crippen MR) is 71.3 cm³/mol. The summed E-state index contributed by atoms with van der Waals surface area (Å²) < 4.78 is 0. The molecule has 2 amide bonds. The molecule has 0 heterocycles. The number of nitrogens with two attached hydrogens (primary N) is 2. The van der Waals surface area contributed by atoms with Crippen molar-refractivity contribution >= 4 is 23.2 Å². The van der Waals surface area contributed by atoms with Crippen molar-refractivity contribution in [3.63, 3.8) is 0 Å². The Balaban J connectivity index is 3.00. The number of anilines is 2. The Morgan fingerprint density at radius 2 is 1.83 bits per heavy atom. The zero-order chi connectivity index (χ0) is 13.9. The summed E-state index contributed by atoms with van der Waals surface area (Å²) in [5, 5.41) is 0. The lowest BCUT2D eigenvalue weighted by atomic mass is 10.1. The molecular formula is C12H18N4O2. The number of nitrogens with zero attached hydrogens (tertiary/aromatic N) is 2. The highest BCUT2D eigenvalue weighted by atomic mass is 16.2. The molecule has 1 rings (SSSR count). The highest BCUT2D eigenvalue weighted by Crippen LogP contribution is 2.25. The summed E-state index contributed by atoms with van der Waals surface area (Å²) in [5.41, 5.74) is 12.3. The van der Waals surface area contributed by atoms with E-state index < -0.39 is 5.91 Å². The molecule has 0 aliphatic rings. The molecule has 0 saturated carbocycles. The number of hydrogen-bond donors (Lipinski definition) is 2. The van der Waals surface area contributed by atoms with E-state index in [2.05, 4.69) is 0 Å². The van der Waals surface area contributed by atoms with Gasteiger partial charge < -0.3 is 21.3 Å². The van der Waals surface area contributed by atoms with E-state index in [1.807, 2.05) is 0 Å². The number of primary amides is 1. The third-order valence-electron chi connectivity index (χ3n) is 2.63. The van der Waals surface area contributed by atoms with Gasteiger partial charge in [-0.2, -0.15) is 0 Å². The van der Waals surface area contributed by atoms with Gasteiger partial charge in [0.05, 0.1) is 23.5 Å². The SMILES string of the molecule is CN(C)C(=O)CN(C)c1cccc(C(N)=O)c1N. The maximum atomic E-state index is 11.6. The number of likely N-dealkylation sites (N-methyl/N-ethyl adjacent to an activating group) is 2. The Morgan fingerprint density at radius 1 is 1.22 bits per heavy atom. The van der Waals surface area contributed by atoms with Crippen LogP contribution in [0.2, 0.25) is 0 Å². The molecule has 0 saturated heterocycles. The first kappa shape index (κ1) is 13.8. The van der Waals surface area contributed by atoms with Crippen LogP contribution < -0.4 is 16.4 Å². The first-order valence-corrected chi connectivity index (χ1v) is 5.44. The molecule has 0 radical (unpaired) electrons. The minimum atomic E-state index is -0.582. The fraction of sp³-hybridized carbons (Fsp3) is 0.333. The van der Waals surface area contributed by atoms with Gasteiger partial charge in [-0.3, -0.25) is 9.59 Å². The molecule has 0 aliphatic heterocycles. The average Bonchev–Trinajstić information content (AvgIpc) is 2.28. The molecule has 6 heteroatoms. The molecule has 18 heavy (non-hydrogen) atoms. The Hall–Kier alpha value is -2.24. The fourth-order valence-electron chi connectivity index (χ4n) is 1.53. The van der Waals surface area contributed by atoms with Crippen LogP contribution in [0, 0.1) is 0 Å². The van der Waals surface area contributed by atoms with Crippen molar-refractivity contribution in [1.82, 2.24) is 4.90 Å². The maximum absolute atomic E-state index is 11.6. The van der Waals surface area contributed by atoms with Crippen molar-refractivity contribution in [3.8, 4) is 0 Å². The zero-order valence-corrected chi connectivity index (χ0v) is 10.8. The van der Waals surface area contributed by atoms with E-state index in [9.17, 15) is 9.59 Å². The van der Waals surface area contributed by atoms with Gasteiger partial charge in [0.15, 0.2) is 0 Å². The van der Waals surface area contributed by atoms with Crippen LogP contribution in [-0.2, 0) is 4.79 Å². The number of rotatable bonds is 4. The van der Waals surface area contributed by atoms with Crippen LogP contribution in [0.25, 0.3) is 0 Å². The monoisotopic (exact) mass is 250 g/mol. The minimum Gasteiger partial charge on any atom is -0.396 e. The highest BCUT2D eigenvalue weighted by Gasteiger charge is 2.15. The molecule has 0 bridgehead atoms. The second-order valence-electron chi connectivity index (χ2n) is 4.25. The molecule has 1 aromatic rings. The van der Waals surface area contributed by atoms with E-state index in [4.69, 9.17) is 11.5 Å². The third kappa shape index (κ3) is 2.91. The molecule has 0 unspecified atom stereocenters. The summed E-state index contributed by atoms with van der Waals surface area (Å²) in [6.45, 7) is 0.180. The Labute approximate surface area is 106 Å². The summed E-state index contributed by atoms with van der Waals surface area (Å²) >= 11 is 0. The summed E-state index contributed by atoms with van der Waals surface area (Å²) in [5.74, 6) is -0.636. The van der Waals surface area contributed by atoms with E-state index in [0.717, 1.165) is 0 Å². The van der Waals surface area contributed by atoms with Crippen molar-refractivity contribution in [2.24, 2.45) is 5.73 Å². The van der Waals surface area contributed by atoms with E-state index in [-0.39, 0.29) is 18.0 Å². The third-order valence-corrected chi connectivity index (χ3v) is 2.63. The Kier molecular flexibility index (Phi) is 4.14. The van der Waals surface area contributed by atoms with Crippen LogP contribution in [0.3, 0.4) is 0 Å². The van der Waals surface area contributed by atoms with Crippen molar-refractivity contribution in [2.75, 3.05) is 38.3 Å². The first-order chi connectivity index (χ1) is 8.34. The van der Waals surface area contributed by atoms with Crippen LogP contribution in [-0.4, -0.2) is 44.4 Å². The van der Waals surface area contributed by atoms with Gasteiger partial charge in [0.1, 0.15) is 0 Å². The summed E-state index contributed by atoms with van der Waals surface area (Å²) in [6, 6.07) is 4.98. The number of nitrogen functional groups attached to an aromatic ring is 1. The van der Waals surface area contributed by atoms with Gasteiger partial charge in [0, 0.05) is 21.1 Å². The maximum Gasteiger partial charge on any atom is 0.250 e. The van der Waals surface area contributed by atoms with Gasteiger partial charge in [-0.15, -0.1) is 0 Å². The molecular weight excluding hydrogens is 232 g/mol. The van der Waals surface area contributed by atoms with Crippen LogP contribution in [0.1, 0.15) is 10.4 Å². The zero-order valence-electron chi connectivity index (χ0n) is 10.8. The lowest BCUT2D eigenvalue weighted by Gasteiger charge is -2.23. The number of para-hydroxylation sites is 1. The number of carbonyl (C=O) groups excluding carboxylic acids is 2. The average molecular weight is 250 g/mol. The van der Waals surface area contributed by atoms with E-state index in [1.165, 1.54) is 4.90 Å². The smallest absolute Gasteiger partial charge is 0.250 e. The Morgan fingerprint density at radius 3 is 2.33 bits per heavy atom. The van der Waals surface area contributed by atoms with Crippen LogP contribution in [0.5, 0.6) is 0 Å². The van der Waals surface area contributed by atoms with Crippen molar-refractivity contribution in [1.29, 1.82) is 0 Å². The van der Waals surface area contributed by atoms with Crippen molar-refractivity contribution in [3.05, 3.63) is 23.8 Å². The highest BCUT2D eigenvalue weighted by molar-refractivity contribution is 6.01. The summed E-state index contributed by atoms with van der Waals surface area (Å²) in [4.78, 5) is 26.0. The van der Waals surface area contributed by atoms with Gasteiger partial charge in [-0.25, -0.2) is 0 Å². The van der Waals surface area contributed by atoms with Gasteiger partial charge in [-0.1, -0.05) is 6.07 Å². The van der Waals surface area contributed by atoms with E-state index in [0.29, 0.717) is 11.4 Å². The standard InChI is InChI=1S/C12H18N4O2/c1-15(2)10(17)7-16(3)9-6-4-5-8(11(9)13)12(14)18/h4-6H,7,13H2,1-3H3,(H2,14,18). The quantitative estimate of drug-likeness (QED) is 0.729. The molecule has 6 nitrogen and oxygen atoms in total. The molecule has 0 fully saturated rings. The second-order valence-corrected chi connectivity index (χ2v) is 4.25. The molecule has 0 spiro atoms. The lowest BCUT2D eigenvalue weighted by molar-refractivity contribution is -0.127. The lowest BCUT2D eigenvalue weighted by Crippen LogP contribution is -2.34. The fourth-order valence-corrected chi connectivity index (χ4v) is 1.53. The minimum absolute atomic E-state index is 0.0543. The number of carbonyl (C=O) groups is 2. The van der Waals surface area contributed by atoms with Gasteiger partial charge in [0.2, 0.25) is 5.91 Å². The molecule has 98 valence electrons. The van der Waals surface area contributed by atoms with Crippen molar-refractivity contribution < 1.29 is 9.59 Å². The summed E-state index contributed by atoms with van der Waals surface area (Å²) in [7, 11) is 5.09. The van der Waals surface area contributed by atoms with Crippen LogP contribution in [0.4, 0.5) is 11.4 Å². The molecule has 0 aromatic heterocycles. The van der Waals surface area contributed by atoms with E-state index >= 15 is 0 Å². The molecule has 4 N–H and O–H groups in total. The number of amides is 2. The molecule has 0 aliphatic carbocycles. The number of benzene rings is 1. The van der Waals surface area contributed by atoms with Gasteiger partial charge in [-0.05, 0) is 12.1 Å². The largest absolute Gasteiger partial charge is 0.396 e. The first-order valence-electron chi connectivity index (χ1n) is 5.44. The van der Waals surface area contributed by atoms with Crippen LogP contribution >= 0.6 is 0 Å². The van der Waals surface area contributed by atoms with Gasteiger partial charge in [0.25, 0.3) is 5.91 Å². The van der Waals surface area contributed by atoms with Crippen LogP contribution in [0.15, 0.2) is 18.2 Å².